The fraction of sp³-hybridized carbons (Fsp3) is 0.768. The first-order valence-corrected chi connectivity index (χ1v) is 27.3. The predicted molar refractivity (Wildman–Crippen MR) is 282 cm³/mol. The Hall–Kier alpha value is -4.29. The fourth-order valence-corrected chi connectivity index (χ4v) is 12.2. The van der Waals surface area contributed by atoms with Gasteiger partial charge in [0.15, 0.2) is 24.3 Å². The number of aromatic carboxylic acids is 1. The lowest BCUT2D eigenvalue weighted by Gasteiger charge is -2.50. The van der Waals surface area contributed by atoms with Gasteiger partial charge in [0.25, 0.3) is 0 Å². The summed E-state index contributed by atoms with van der Waals surface area (Å²) < 4.78 is 71.6. The monoisotopic (exact) mass is 1090 g/mol. The molecular weight excluding hydrogens is 1000 g/mol. The van der Waals surface area contributed by atoms with Crippen molar-refractivity contribution in [2.75, 3.05) is 54.6 Å². The number of rotatable bonds is 19. The number of hydrogen-bond donors (Lipinski definition) is 3. The van der Waals surface area contributed by atoms with Crippen LogP contribution in [0.4, 0.5) is 4.79 Å². The summed E-state index contributed by atoms with van der Waals surface area (Å²) in [6.07, 6.45) is -6.57. The third-order valence-electron chi connectivity index (χ3n) is 16.7. The molecule has 4 saturated heterocycles. The van der Waals surface area contributed by atoms with Crippen molar-refractivity contribution in [2.24, 2.45) is 23.7 Å². The molecule has 5 heterocycles. The van der Waals surface area contributed by atoms with Crippen molar-refractivity contribution in [3.05, 3.63) is 40.2 Å². The van der Waals surface area contributed by atoms with Crippen LogP contribution >= 0.6 is 0 Å². The summed E-state index contributed by atoms with van der Waals surface area (Å²) >= 11 is 0. The van der Waals surface area contributed by atoms with Crippen molar-refractivity contribution in [2.45, 2.75) is 199 Å². The van der Waals surface area contributed by atoms with Crippen LogP contribution in [0.5, 0.6) is 5.75 Å². The van der Waals surface area contributed by atoms with Crippen molar-refractivity contribution < 1.29 is 81.5 Å². The van der Waals surface area contributed by atoms with Crippen molar-refractivity contribution in [1.82, 2.24) is 14.8 Å². The summed E-state index contributed by atoms with van der Waals surface area (Å²) in [5, 5.41) is 25.0. The molecular formula is C56H87N3O18. The standard InChI is InChI=1S/C56H87N3O18/c1-16-41-56(11)48(76-53(66)77-56)32(5)43(60)30(3)27-54(9,67-14)47(75-52-45(62)40(58(12)13)25-31(4)71-52)33(6)46(34(7)51(65)73-41)74-42-28-55(10,68-15)49(35(8)72-42)70-23-18-21-57-22-24-69-36-19-20-39-37(26-36)44(61)38(50(63)64)29-59(39)17-2/h19-20,26,29-35,40-42,45-49,52,57,62H,16-18,21-25,27-28H2,1-15H3,(H,63,64)/t30-,31-,32-,33+,34+,35-,40+,41-,42+,45+,46+,47-,48+,49+,52+,54+,55-,56-/m0/s1. The highest BCUT2D eigenvalue weighted by atomic mass is 16.8. The van der Waals surface area contributed by atoms with E-state index in [-0.39, 0.29) is 48.1 Å². The highest BCUT2D eigenvalue weighted by molar-refractivity contribution is 5.93. The number of nitrogens with one attached hydrogen (secondary N) is 1. The van der Waals surface area contributed by atoms with Gasteiger partial charge in [-0.1, -0.05) is 27.7 Å². The molecule has 77 heavy (non-hydrogen) atoms. The van der Waals surface area contributed by atoms with Crippen LogP contribution in [0.25, 0.3) is 10.9 Å². The zero-order chi connectivity index (χ0) is 56.9. The van der Waals surface area contributed by atoms with Gasteiger partial charge < -0.3 is 77.1 Å². The Morgan fingerprint density at radius 1 is 0.883 bits per heavy atom. The number of nitrogens with zero attached hydrogens (tertiary/aromatic N) is 2. The number of fused-ring (bicyclic) bond motifs is 2. The Balaban J connectivity index is 1.19. The largest absolute Gasteiger partial charge is 0.509 e. The minimum absolute atomic E-state index is 0.117. The van der Waals surface area contributed by atoms with E-state index in [0.29, 0.717) is 57.0 Å². The Morgan fingerprint density at radius 2 is 1.57 bits per heavy atom. The zero-order valence-electron chi connectivity index (χ0n) is 47.9. The van der Waals surface area contributed by atoms with Crippen LogP contribution in [-0.4, -0.2) is 182 Å². The molecule has 1 aromatic heterocycles. The summed E-state index contributed by atoms with van der Waals surface area (Å²) in [6.45, 7) is 22.1. The number of benzene rings is 1. The highest BCUT2D eigenvalue weighted by Crippen LogP contribution is 2.44. The Bertz CT molecular complexity index is 2420. The second kappa shape index (κ2) is 25.9. The van der Waals surface area contributed by atoms with Gasteiger partial charge in [0, 0.05) is 64.4 Å². The molecule has 0 spiro atoms. The van der Waals surface area contributed by atoms with Gasteiger partial charge in [0.1, 0.15) is 42.0 Å². The second-order valence-electron chi connectivity index (χ2n) is 22.5. The predicted octanol–water partition coefficient (Wildman–Crippen LogP) is 5.74. The zero-order valence-corrected chi connectivity index (χ0v) is 47.9. The van der Waals surface area contributed by atoms with Gasteiger partial charge in [0.05, 0.1) is 58.4 Å². The van der Waals surface area contributed by atoms with Gasteiger partial charge in [-0.05, 0) is 113 Å². The molecule has 3 N–H and O–H groups in total. The minimum atomic E-state index is -1.51. The van der Waals surface area contributed by atoms with E-state index >= 15 is 0 Å². The molecule has 0 amide bonds. The smallest absolute Gasteiger partial charge is 0.492 e. The first-order valence-electron chi connectivity index (χ1n) is 27.3. The van der Waals surface area contributed by atoms with Crippen LogP contribution in [-0.2, 0) is 63.5 Å². The topological polar surface area (TPSA) is 248 Å². The summed E-state index contributed by atoms with van der Waals surface area (Å²) in [5.74, 6) is -5.03. The van der Waals surface area contributed by atoms with E-state index in [4.69, 9.17) is 52.1 Å². The van der Waals surface area contributed by atoms with Gasteiger partial charge in [-0.15, -0.1) is 0 Å². The van der Waals surface area contributed by atoms with E-state index in [1.54, 1.807) is 64.5 Å². The molecule has 0 radical (unpaired) electrons. The number of aliphatic hydroxyl groups is 1. The van der Waals surface area contributed by atoms with Crippen molar-refractivity contribution >= 4 is 34.8 Å². The number of Topliss-reactive ketones (excluding diaryl/α,β-unsaturated/α-hetero) is 1. The maximum absolute atomic E-state index is 14.8. The van der Waals surface area contributed by atoms with Crippen molar-refractivity contribution in [3.63, 3.8) is 0 Å². The number of ether oxygens (including phenoxy) is 11. The van der Waals surface area contributed by atoms with Crippen molar-refractivity contribution in [3.8, 4) is 5.75 Å². The number of likely N-dealkylation sites (N-methyl/N-ethyl adjacent to an activating group) is 1. The number of aliphatic hydroxyl groups excluding tert-OH is 1. The number of hydrogen-bond acceptors (Lipinski definition) is 19. The average molecular weight is 1090 g/mol. The highest BCUT2D eigenvalue weighted by Gasteiger charge is 2.60. The molecule has 6 rings (SSSR count). The van der Waals surface area contributed by atoms with Gasteiger partial charge in [0.2, 0.25) is 5.43 Å². The number of carbonyl (C=O) groups excluding carboxylic acids is 3. The molecule has 1 aromatic carbocycles. The number of ketones is 1. The molecule has 0 saturated carbocycles. The van der Waals surface area contributed by atoms with Crippen LogP contribution in [0.15, 0.2) is 29.2 Å². The molecule has 2 aromatic rings. The number of methoxy groups -OCH3 is 2. The minimum Gasteiger partial charge on any atom is -0.492 e. The maximum atomic E-state index is 14.8. The molecule has 4 fully saturated rings. The quantitative estimate of drug-likeness (QED) is 0.112. The van der Waals surface area contributed by atoms with Crippen molar-refractivity contribution in [1.29, 1.82) is 0 Å². The summed E-state index contributed by atoms with van der Waals surface area (Å²) in [4.78, 5) is 68.8. The third kappa shape index (κ3) is 13.5. The molecule has 0 bridgehead atoms. The van der Waals surface area contributed by atoms with E-state index in [1.807, 2.05) is 60.5 Å². The lowest BCUT2D eigenvalue weighted by atomic mass is 9.74. The van der Waals surface area contributed by atoms with Gasteiger partial charge in [-0.2, -0.15) is 0 Å². The van der Waals surface area contributed by atoms with Gasteiger partial charge in [-0.25, -0.2) is 9.59 Å². The molecule has 0 aliphatic carbocycles. The molecule has 4 aliphatic rings. The Kier molecular flexibility index (Phi) is 20.8. The first kappa shape index (κ1) is 61.9. The van der Waals surface area contributed by atoms with E-state index in [0.717, 1.165) is 0 Å². The van der Waals surface area contributed by atoms with Crippen LogP contribution < -0.4 is 15.5 Å². The molecule has 434 valence electrons. The number of aromatic nitrogens is 1. The summed E-state index contributed by atoms with van der Waals surface area (Å²) in [5.41, 5.74) is -3.96. The molecule has 4 aliphatic heterocycles. The number of cyclic esters (lactones) is 1. The number of carboxylic acids is 1. The maximum Gasteiger partial charge on any atom is 0.509 e. The third-order valence-corrected chi connectivity index (χ3v) is 16.7. The number of aryl methyl sites for hydroxylation is 1. The SMILES string of the molecule is CC[C@@H]1OC(=O)[C@H](C)[C@H](O[C@@H]2C[C@](C)(OC)[C@H](OCCCNCCOc3ccc4c(c3)c(=O)c(C(=O)O)cn4CC)[C@H](C)O2)[C@@H](C)[C@H](O[C@H]2O[C@@H](C)C[C@@H](N(C)C)[C@H]2O)[C@](C)(OC)C[C@H](C)C(=O)[C@H](C)[C@H]2OC(=O)O[C@@]12C. The number of esters is 1. The van der Waals surface area contributed by atoms with Gasteiger partial charge >= 0.3 is 18.1 Å². The average Bonchev–Trinajstić information content (AvgIpc) is 3.74. The first-order chi connectivity index (χ1) is 36.3. The van der Waals surface area contributed by atoms with Gasteiger partial charge in [-0.3, -0.25) is 14.4 Å². The lowest BCUT2D eigenvalue weighted by molar-refractivity contribution is -0.322. The van der Waals surface area contributed by atoms with Crippen LogP contribution in [0.2, 0.25) is 0 Å². The normalized spacial score (nSPS) is 37.4. The van der Waals surface area contributed by atoms with E-state index in [2.05, 4.69) is 5.32 Å². The second-order valence-corrected chi connectivity index (χ2v) is 22.5. The number of pyridine rings is 1. The molecule has 21 nitrogen and oxygen atoms in total. The molecule has 18 atom stereocenters. The van der Waals surface area contributed by atoms with E-state index in [9.17, 15) is 34.2 Å². The van der Waals surface area contributed by atoms with E-state index in [1.165, 1.54) is 13.3 Å². The van der Waals surface area contributed by atoms with Crippen LogP contribution in [0, 0.1) is 23.7 Å². The molecule has 0 unspecified atom stereocenters. The Morgan fingerprint density at radius 3 is 2.21 bits per heavy atom. The number of carboxylic acid groups (broad SMARTS) is 1. The fourth-order valence-electron chi connectivity index (χ4n) is 12.2. The lowest BCUT2D eigenvalue weighted by Crippen LogP contribution is -2.61. The van der Waals surface area contributed by atoms with E-state index < -0.39 is 119 Å². The summed E-state index contributed by atoms with van der Waals surface area (Å²) in [7, 11) is 6.90. The Labute approximate surface area is 453 Å². The van der Waals surface area contributed by atoms with Crippen LogP contribution in [0.1, 0.15) is 119 Å². The van der Waals surface area contributed by atoms with Crippen LogP contribution in [0.3, 0.4) is 0 Å². The summed E-state index contributed by atoms with van der Waals surface area (Å²) in [6, 6.07) is 4.78. The number of carbonyl (C=O) groups is 4. The molecule has 21 heteroatoms.